The van der Waals surface area contributed by atoms with Gasteiger partial charge in [-0.1, -0.05) is 19.9 Å². The molecule has 0 fully saturated rings. The number of carboxylic acids is 1. The summed E-state index contributed by atoms with van der Waals surface area (Å²) in [6.07, 6.45) is 0.879. The van der Waals surface area contributed by atoms with Crippen molar-refractivity contribution in [3.63, 3.8) is 0 Å². The molecule has 1 aromatic carbocycles. The zero-order valence-electron chi connectivity index (χ0n) is 10.2. The Hall–Kier alpha value is -1.58. The highest BCUT2D eigenvalue weighted by Crippen LogP contribution is 2.16. The van der Waals surface area contributed by atoms with E-state index >= 15 is 0 Å². The van der Waals surface area contributed by atoms with E-state index in [1.54, 1.807) is 17.0 Å². The third kappa shape index (κ3) is 4.85. The van der Waals surface area contributed by atoms with E-state index < -0.39 is 5.97 Å². The van der Waals surface area contributed by atoms with E-state index in [0.717, 1.165) is 6.42 Å². The number of nitrogens with zero attached hydrogens (tertiary/aromatic N) is 1. The molecule has 4 heteroatoms. The maximum atomic E-state index is 13.1. The van der Waals surface area contributed by atoms with Gasteiger partial charge in [0, 0.05) is 12.2 Å². The van der Waals surface area contributed by atoms with Gasteiger partial charge in [0.25, 0.3) is 0 Å². The number of carboxylic acid groups (broad SMARTS) is 1. The van der Waals surface area contributed by atoms with Crippen LogP contribution in [0.1, 0.15) is 20.3 Å². The summed E-state index contributed by atoms with van der Waals surface area (Å²) < 4.78 is 13.1. The van der Waals surface area contributed by atoms with Crippen LogP contribution in [-0.2, 0) is 4.79 Å². The molecule has 0 aromatic heterocycles. The average molecular weight is 239 g/mol. The zero-order chi connectivity index (χ0) is 12.8. The lowest BCUT2D eigenvalue weighted by molar-refractivity contribution is -0.135. The van der Waals surface area contributed by atoms with Crippen molar-refractivity contribution < 1.29 is 14.3 Å². The maximum absolute atomic E-state index is 13.1. The highest BCUT2D eigenvalue weighted by molar-refractivity contribution is 5.73. The lowest BCUT2D eigenvalue weighted by Gasteiger charge is -2.23. The number of anilines is 1. The van der Waals surface area contributed by atoms with E-state index in [1.807, 2.05) is 0 Å². The molecule has 0 unspecified atom stereocenters. The second-order valence-electron chi connectivity index (χ2n) is 4.48. The molecule has 1 aromatic rings. The molecular formula is C13H18FNO2. The number of carbonyl (C=O) groups is 1. The van der Waals surface area contributed by atoms with E-state index in [1.165, 1.54) is 12.1 Å². The molecule has 0 aliphatic carbocycles. The molecular weight excluding hydrogens is 221 g/mol. The van der Waals surface area contributed by atoms with E-state index in [-0.39, 0.29) is 12.4 Å². The maximum Gasteiger partial charge on any atom is 0.323 e. The van der Waals surface area contributed by atoms with Crippen molar-refractivity contribution in [2.45, 2.75) is 20.3 Å². The summed E-state index contributed by atoms with van der Waals surface area (Å²) in [5.74, 6) is -0.764. The van der Waals surface area contributed by atoms with Gasteiger partial charge < -0.3 is 10.0 Å². The predicted molar refractivity (Wildman–Crippen MR) is 65.7 cm³/mol. The Bertz CT molecular complexity index is 379. The number of benzene rings is 1. The SMILES string of the molecule is CC(C)CCN(CC(=O)O)c1cccc(F)c1. The lowest BCUT2D eigenvalue weighted by Crippen LogP contribution is -2.31. The van der Waals surface area contributed by atoms with Gasteiger partial charge in [-0.2, -0.15) is 0 Å². The minimum Gasteiger partial charge on any atom is -0.480 e. The van der Waals surface area contributed by atoms with Crippen LogP contribution >= 0.6 is 0 Å². The van der Waals surface area contributed by atoms with Crippen LogP contribution in [0.2, 0.25) is 0 Å². The van der Waals surface area contributed by atoms with Crippen molar-refractivity contribution in [1.29, 1.82) is 0 Å². The Labute approximate surface area is 101 Å². The van der Waals surface area contributed by atoms with Crippen molar-refractivity contribution in [2.75, 3.05) is 18.0 Å². The van der Waals surface area contributed by atoms with Crippen LogP contribution in [0.25, 0.3) is 0 Å². The van der Waals surface area contributed by atoms with Gasteiger partial charge in [-0.25, -0.2) is 4.39 Å². The Kier molecular flexibility index (Phi) is 4.94. The molecule has 0 spiro atoms. The van der Waals surface area contributed by atoms with Gasteiger partial charge in [0.05, 0.1) is 0 Å². The minimum atomic E-state index is -0.905. The molecule has 94 valence electrons. The summed E-state index contributed by atoms with van der Waals surface area (Å²) >= 11 is 0. The third-order valence-electron chi connectivity index (χ3n) is 2.48. The molecule has 1 rings (SSSR count). The molecule has 0 heterocycles. The van der Waals surface area contributed by atoms with Gasteiger partial charge in [0.2, 0.25) is 0 Å². The Morgan fingerprint density at radius 3 is 2.71 bits per heavy atom. The summed E-state index contributed by atoms with van der Waals surface area (Å²) in [5.41, 5.74) is 0.619. The van der Waals surface area contributed by atoms with Crippen LogP contribution in [0.4, 0.5) is 10.1 Å². The van der Waals surface area contributed by atoms with Crippen molar-refractivity contribution in [3.8, 4) is 0 Å². The van der Waals surface area contributed by atoms with Gasteiger partial charge in [0.1, 0.15) is 12.4 Å². The second-order valence-corrected chi connectivity index (χ2v) is 4.48. The molecule has 0 atom stereocenters. The fourth-order valence-corrected chi connectivity index (χ4v) is 1.55. The summed E-state index contributed by atoms with van der Waals surface area (Å²) in [4.78, 5) is 12.5. The van der Waals surface area contributed by atoms with Crippen LogP contribution in [0, 0.1) is 11.7 Å². The third-order valence-corrected chi connectivity index (χ3v) is 2.48. The van der Waals surface area contributed by atoms with Gasteiger partial charge in [-0.05, 0) is 30.5 Å². The normalized spacial score (nSPS) is 10.6. The van der Waals surface area contributed by atoms with Crippen LogP contribution in [-0.4, -0.2) is 24.2 Å². The molecule has 3 nitrogen and oxygen atoms in total. The second kappa shape index (κ2) is 6.23. The number of hydrogen-bond acceptors (Lipinski definition) is 2. The van der Waals surface area contributed by atoms with E-state index in [0.29, 0.717) is 18.2 Å². The molecule has 0 saturated carbocycles. The molecule has 0 radical (unpaired) electrons. The van der Waals surface area contributed by atoms with Crippen molar-refractivity contribution in [1.82, 2.24) is 0 Å². The molecule has 0 aliphatic rings. The van der Waals surface area contributed by atoms with Crippen molar-refractivity contribution >= 4 is 11.7 Å². The summed E-state index contributed by atoms with van der Waals surface area (Å²) in [6.45, 7) is 4.67. The summed E-state index contributed by atoms with van der Waals surface area (Å²) in [7, 11) is 0. The Balaban J connectivity index is 2.78. The fraction of sp³-hybridized carbons (Fsp3) is 0.462. The van der Waals surface area contributed by atoms with E-state index in [2.05, 4.69) is 13.8 Å². The lowest BCUT2D eigenvalue weighted by atomic mass is 10.1. The Morgan fingerprint density at radius 2 is 2.18 bits per heavy atom. The highest BCUT2D eigenvalue weighted by Gasteiger charge is 2.11. The molecule has 1 N–H and O–H groups in total. The van der Waals surface area contributed by atoms with E-state index in [4.69, 9.17) is 5.11 Å². The van der Waals surface area contributed by atoms with Crippen molar-refractivity contribution in [2.24, 2.45) is 5.92 Å². The van der Waals surface area contributed by atoms with Gasteiger partial charge >= 0.3 is 5.97 Å². The molecule has 0 amide bonds. The minimum absolute atomic E-state index is 0.101. The predicted octanol–water partition coefficient (Wildman–Crippen LogP) is 2.76. The zero-order valence-corrected chi connectivity index (χ0v) is 10.2. The first-order chi connectivity index (χ1) is 7.99. The van der Waals surface area contributed by atoms with Gasteiger partial charge in [0.15, 0.2) is 0 Å². The largest absolute Gasteiger partial charge is 0.480 e. The van der Waals surface area contributed by atoms with Gasteiger partial charge in [-0.15, -0.1) is 0 Å². The number of rotatable bonds is 6. The first-order valence-electron chi connectivity index (χ1n) is 5.71. The standard InChI is InChI=1S/C13H18FNO2/c1-10(2)6-7-15(9-13(16)17)12-5-3-4-11(14)8-12/h3-5,8,10H,6-7,9H2,1-2H3,(H,16,17). The number of hydrogen-bond donors (Lipinski definition) is 1. The molecule has 0 aliphatic heterocycles. The highest BCUT2D eigenvalue weighted by atomic mass is 19.1. The summed E-state index contributed by atoms with van der Waals surface area (Å²) in [6, 6.07) is 6.04. The summed E-state index contributed by atoms with van der Waals surface area (Å²) in [5, 5.41) is 8.84. The topological polar surface area (TPSA) is 40.5 Å². The Morgan fingerprint density at radius 1 is 1.47 bits per heavy atom. The monoisotopic (exact) mass is 239 g/mol. The van der Waals surface area contributed by atoms with Crippen LogP contribution in [0.5, 0.6) is 0 Å². The molecule has 0 saturated heterocycles. The van der Waals surface area contributed by atoms with E-state index in [9.17, 15) is 9.18 Å². The average Bonchev–Trinajstić information content (AvgIpc) is 2.23. The first kappa shape index (κ1) is 13.5. The number of aliphatic carboxylic acids is 1. The quantitative estimate of drug-likeness (QED) is 0.829. The fourth-order valence-electron chi connectivity index (χ4n) is 1.55. The van der Waals surface area contributed by atoms with Crippen LogP contribution in [0.3, 0.4) is 0 Å². The van der Waals surface area contributed by atoms with Crippen LogP contribution < -0.4 is 4.90 Å². The first-order valence-corrected chi connectivity index (χ1v) is 5.71. The molecule has 0 bridgehead atoms. The smallest absolute Gasteiger partial charge is 0.323 e. The van der Waals surface area contributed by atoms with Crippen molar-refractivity contribution in [3.05, 3.63) is 30.1 Å². The van der Waals surface area contributed by atoms with Gasteiger partial charge in [-0.3, -0.25) is 4.79 Å². The van der Waals surface area contributed by atoms with Crippen LogP contribution in [0.15, 0.2) is 24.3 Å². The molecule has 17 heavy (non-hydrogen) atoms. The number of halogens is 1.